The summed E-state index contributed by atoms with van der Waals surface area (Å²) in [6, 6.07) is 7.52. The molecule has 0 saturated heterocycles. The number of rotatable bonds is 3. The van der Waals surface area contributed by atoms with Crippen LogP contribution in [-0.2, 0) is 6.61 Å². The lowest BCUT2D eigenvalue weighted by atomic mass is 10.2. The molecule has 1 aromatic carbocycles. The lowest BCUT2D eigenvalue weighted by molar-refractivity contribution is 0.306. The van der Waals surface area contributed by atoms with E-state index in [0.717, 1.165) is 27.3 Å². The first-order valence-electron chi connectivity index (χ1n) is 6.48. The minimum atomic E-state index is 0.419. The quantitative estimate of drug-likeness (QED) is 0.590. The molecule has 4 aromatic rings. The van der Waals surface area contributed by atoms with Crippen molar-refractivity contribution in [3.8, 4) is 5.75 Å². The van der Waals surface area contributed by atoms with Gasteiger partial charge in [0.2, 0.25) is 0 Å². The number of pyridine rings is 1. The second kappa shape index (κ2) is 4.75. The summed E-state index contributed by atoms with van der Waals surface area (Å²) in [5.41, 5.74) is 8.25. The van der Waals surface area contributed by atoms with Crippen molar-refractivity contribution in [2.75, 3.05) is 5.73 Å². The molecule has 0 aliphatic rings. The Morgan fingerprint density at radius 3 is 3.14 bits per heavy atom. The van der Waals surface area contributed by atoms with Crippen LogP contribution in [-0.4, -0.2) is 14.4 Å². The number of hydrogen-bond donors (Lipinski definition) is 1. The fraction of sp³-hybridized carbons (Fsp3) is 0.0667. The van der Waals surface area contributed by atoms with Gasteiger partial charge in [0.05, 0.1) is 16.9 Å². The van der Waals surface area contributed by atoms with E-state index in [1.165, 1.54) is 0 Å². The zero-order valence-corrected chi connectivity index (χ0v) is 11.9. The van der Waals surface area contributed by atoms with E-state index in [1.807, 2.05) is 46.4 Å². The average Bonchev–Trinajstić information content (AvgIpc) is 3.08. The summed E-state index contributed by atoms with van der Waals surface area (Å²) in [5, 5.41) is 2.92. The molecular formula is C15H12N4OS. The Hall–Kier alpha value is -2.60. The van der Waals surface area contributed by atoms with E-state index in [-0.39, 0.29) is 0 Å². The van der Waals surface area contributed by atoms with E-state index in [4.69, 9.17) is 10.5 Å². The number of fused-ring (bicyclic) bond motifs is 2. The van der Waals surface area contributed by atoms with Crippen LogP contribution in [0.25, 0.3) is 15.9 Å². The second-order valence-electron chi connectivity index (χ2n) is 4.67. The standard InChI is InChI=1S/C15H12N4OS/c16-12-3-4-13(11-2-1-5-17-14(11)12)20-9-10-8-19-6-7-21-15(19)18-10/h1-8H,9,16H2. The Morgan fingerprint density at radius 2 is 2.24 bits per heavy atom. The van der Waals surface area contributed by atoms with Crippen LogP contribution in [0.15, 0.2) is 48.2 Å². The first kappa shape index (κ1) is 12.2. The van der Waals surface area contributed by atoms with Crippen molar-refractivity contribution in [2.24, 2.45) is 0 Å². The van der Waals surface area contributed by atoms with Crippen molar-refractivity contribution in [3.05, 3.63) is 53.9 Å². The zero-order chi connectivity index (χ0) is 14.2. The molecule has 0 amide bonds. The molecule has 0 radical (unpaired) electrons. The van der Waals surface area contributed by atoms with Crippen LogP contribution in [0.1, 0.15) is 5.69 Å². The molecule has 4 rings (SSSR count). The van der Waals surface area contributed by atoms with Crippen molar-refractivity contribution in [1.82, 2.24) is 14.4 Å². The van der Waals surface area contributed by atoms with Crippen LogP contribution in [0, 0.1) is 0 Å². The highest BCUT2D eigenvalue weighted by atomic mass is 32.1. The fourth-order valence-electron chi connectivity index (χ4n) is 2.29. The number of hydrogen-bond acceptors (Lipinski definition) is 5. The molecule has 6 heteroatoms. The summed E-state index contributed by atoms with van der Waals surface area (Å²) in [7, 11) is 0. The Bertz CT molecular complexity index is 899. The van der Waals surface area contributed by atoms with Gasteiger partial charge in [-0.3, -0.25) is 9.38 Å². The van der Waals surface area contributed by atoms with Gasteiger partial charge in [-0.2, -0.15) is 0 Å². The van der Waals surface area contributed by atoms with Gasteiger partial charge in [0.15, 0.2) is 4.96 Å². The van der Waals surface area contributed by atoms with Gasteiger partial charge >= 0.3 is 0 Å². The summed E-state index contributed by atoms with van der Waals surface area (Å²) in [6.07, 6.45) is 5.69. The van der Waals surface area contributed by atoms with Crippen LogP contribution in [0.2, 0.25) is 0 Å². The molecule has 0 aliphatic heterocycles. The lowest BCUT2D eigenvalue weighted by Gasteiger charge is -2.09. The SMILES string of the molecule is Nc1ccc(OCc2cn3ccsc3n2)c2cccnc12. The van der Waals surface area contributed by atoms with E-state index in [2.05, 4.69) is 9.97 Å². The molecule has 0 atom stereocenters. The Labute approximate surface area is 124 Å². The topological polar surface area (TPSA) is 65.4 Å². The summed E-state index contributed by atoms with van der Waals surface area (Å²) in [6.45, 7) is 0.419. The van der Waals surface area contributed by atoms with Crippen LogP contribution in [0.3, 0.4) is 0 Å². The highest BCUT2D eigenvalue weighted by Gasteiger charge is 2.08. The monoisotopic (exact) mass is 296 g/mol. The van der Waals surface area contributed by atoms with Gasteiger partial charge in [0, 0.05) is 29.4 Å². The molecule has 0 spiro atoms. The maximum Gasteiger partial charge on any atom is 0.193 e. The van der Waals surface area contributed by atoms with Crippen molar-refractivity contribution in [1.29, 1.82) is 0 Å². The first-order valence-corrected chi connectivity index (χ1v) is 7.36. The van der Waals surface area contributed by atoms with Gasteiger partial charge in [0.1, 0.15) is 12.4 Å². The number of nitrogens with two attached hydrogens (primary N) is 1. The molecule has 0 aliphatic carbocycles. The molecule has 3 aromatic heterocycles. The fourth-order valence-corrected chi connectivity index (χ4v) is 3.01. The minimum Gasteiger partial charge on any atom is -0.487 e. The molecular weight excluding hydrogens is 284 g/mol. The second-order valence-corrected chi connectivity index (χ2v) is 5.54. The Kier molecular flexibility index (Phi) is 2.75. The van der Waals surface area contributed by atoms with E-state index in [0.29, 0.717) is 12.3 Å². The van der Waals surface area contributed by atoms with Crippen molar-refractivity contribution in [3.63, 3.8) is 0 Å². The van der Waals surface area contributed by atoms with Crippen LogP contribution < -0.4 is 10.5 Å². The number of benzene rings is 1. The molecule has 0 unspecified atom stereocenters. The number of aromatic nitrogens is 3. The maximum absolute atomic E-state index is 5.94. The molecule has 2 N–H and O–H groups in total. The third kappa shape index (κ3) is 2.09. The van der Waals surface area contributed by atoms with Crippen LogP contribution >= 0.6 is 11.3 Å². The molecule has 0 fully saturated rings. The molecule has 3 heterocycles. The number of nitrogens with zero attached hydrogens (tertiary/aromatic N) is 3. The number of thiazole rings is 1. The highest BCUT2D eigenvalue weighted by molar-refractivity contribution is 7.15. The third-order valence-corrected chi connectivity index (χ3v) is 4.05. The average molecular weight is 296 g/mol. The smallest absolute Gasteiger partial charge is 0.193 e. The highest BCUT2D eigenvalue weighted by Crippen LogP contribution is 2.28. The van der Waals surface area contributed by atoms with E-state index in [1.54, 1.807) is 17.5 Å². The summed E-state index contributed by atoms with van der Waals surface area (Å²) in [5.74, 6) is 0.767. The largest absolute Gasteiger partial charge is 0.487 e. The van der Waals surface area contributed by atoms with Crippen molar-refractivity contribution >= 4 is 32.9 Å². The van der Waals surface area contributed by atoms with Gasteiger partial charge in [0.25, 0.3) is 0 Å². The minimum absolute atomic E-state index is 0.419. The Morgan fingerprint density at radius 1 is 1.29 bits per heavy atom. The predicted molar refractivity (Wildman–Crippen MR) is 83.6 cm³/mol. The van der Waals surface area contributed by atoms with Gasteiger partial charge in [-0.05, 0) is 24.3 Å². The van der Waals surface area contributed by atoms with Crippen LogP contribution in [0.5, 0.6) is 5.75 Å². The van der Waals surface area contributed by atoms with Gasteiger partial charge < -0.3 is 10.5 Å². The van der Waals surface area contributed by atoms with Gasteiger partial charge in [-0.25, -0.2) is 4.98 Å². The zero-order valence-electron chi connectivity index (χ0n) is 11.1. The number of imidazole rings is 1. The Balaban J connectivity index is 1.65. The van der Waals surface area contributed by atoms with E-state index >= 15 is 0 Å². The number of nitrogen functional groups attached to an aromatic ring is 1. The molecule has 0 bridgehead atoms. The lowest BCUT2D eigenvalue weighted by Crippen LogP contribution is -1.98. The van der Waals surface area contributed by atoms with Crippen molar-refractivity contribution < 1.29 is 4.74 Å². The molecule has 5 nitrogen and oxygen atoms in total. The number of ether oxygens (including phenoxy) is 1. The maximum atomic E-state index is 5.94. The van der Waals surface area contributed by atoms with Crippen LogP contribution in [0.4, 0.5) is 5.69 Å². The van der Waals surface area contributed by atoms with Gasteiger partial charge in [-0.1, -0.05) is 0 Å². The summed E-state index contributed by atoms with van der Waals surface area (Å²) in [4.78, 5) is 9.77. The summed E-state index contributed by atoms with van der Waals surface area (Å²) < 4.78 is 7.88. The molecule has 21 heavy (non-hydrogen) atoms. The molecule has 104 valence electrons. The summed E-state index contributed by atoms with van der Waals surface area (Å²) >= 11 is 1.60. The number of anilines is 1. The van der Waals surface area contributed by atoms with E-state index < -0.39 is 0 Å². The first-order chi connectivity index (χ1) is 10.3. The predicted octanol–water partition coefficient (Wildman–Crippen LogP) is 3.11. The van der Waals surface area contributed by atoms with Crippen molar-refractivity contribution in [2.45, 2.75) is 6.61 Å². The molecule has 0 saturated carbocycles. The van der Waals surface area contributed by atoms with E-state index in [9.17, 15) is 0 Å². The third-order valence-electron chi connectivity index (χ3n) is 3.28. The normalized spacial score (nSPS) is 11.2. The van der Waals surface area contributed by atoms with Gasteiger partial charge in [-0.15, -0.1) is 11.3 Å².